The molecule has 0 bridgehead atoms. The third kappa shape index (κ3) is 4.02. The highest BCUT2D eigenvalue weighted by Gasteiger charge is 2.28. The van der Waals surface area contributed by atoms with E-state index in [1.54, 1.807) is 22.7 Å². The second kappa shape index (κ2) is 8.24. The number of nitrogens with zero attached hydrogens (tertiary/aromatic N) is 1. The van der Waals surface area contributed by atoms with Crippen molar-refractivity contribution in [3.8, 4) is 0 Å². The van der Waals surface area contributed by atoms with E-state index in [1.807, 2.05) is 48.5 Å². The van der Waals surface area contributed by atoms with Crippen LogP contribution in [0.5, 0.6) is 0 Å². The van der Waals surface area contributed by atoms with Gasteiger partial charge in [0.05, 0.1) is 17.6 Å². The lowest BCUT2D eigenvalue weighted by atomic mass is 10.2. The first-order valence-electron chi connectivity index (χ1n) is 8.79. The number of amides is 2. The molecule has 1 aliphatic heterocycles. The van der Waals surface area contributed by atoms with E-state index in [2.05, 4.69) is 5.32 Å². The van der Waals surface area contributed by atoms with Crippen LogP contribution in [0.25, 0.3) is 0 Å². The van der Waals surface area contributed by atoms with Crippen LogP contribution in [-0.2, 0) is 14.3 Å². The van der Waals surface area contributed by atoms with Gasteiger partial charge >= 0.3 is 5.97 Å². The van der Waals surface area contributed by atoms with E-state index >= 15 is 0 Å². The Hall–Kier alpha value is -3.52. The Morgan fingerprint density at radius 1 is 0.931 bits per heavy atom. The lowest BCUT2D eigenvalue weighted by Gasteiger charge is -2.30. The van der Waals surface area contributed by atoms with Crippen molar-refractivity contribution in [2.24, 2.45) is 0 Å². The molecule has 0 spiro atoms. The average Bonchev–Trinajstić information content (AvgIpc) is 3.29. The van der Waals surface area contributed by atoms with Gasteiger partial charge in [-0.2, -0.15) is 0 Å². The first-order valence-corrected chi connectivity index (χ1v) is 9.61. The molecule has 8 heteroatoms. The number of fused-ring (bicyclic) bond motifs is 2. The number of hydrogen-bond donors (Lipinski definition) is 1. The van der Waals surface area contributed by atoms with Gasteiger partial charge in [0.1, 0.15) is 6.54 Å². The number of carbonyl (C=O) groups excluding carboxylic acids is 3. The van der Waals surface area contributed by atoms with Crippen LogP contribution in [-0.4, -0.2) is 30.9 Å². The van der Waals surface area contributed by atoms with Gasteiger partial charge < -0.3 is 14.5 Å². The summed E-state index contributed by atoms with van der Waals surface area (Å²) >= 11 is 1.58. The van der Waals surface area contributed by atoms with E-state index in [1.165, 1.54) is 12.3 Å². The van der Waals surface area contributed by atoms with Crippen LogP contribution in [0.15, 0.2) is 81.1 Å². The van der Waals surface area contributed by atoms with E-state index < -0.39 is 18.5 Å². The minimum Gasteiger partial charge on any atom is -0.459 e. The van der Waals surface area contributed by atoms with Crippen molar-refractivity contribution in [2.45, 2.75) is 9.79 Å². The number of furan rings is 1. The average molecular weight is 408 g/mol. The second-order valence-corrected chi connectivity index (χ2v) is 7.17. The van der Waals surface area contributed by atoms with E-state index in [4.69, 9.17) is 9.15 Å². The van der Waals surface area contributed by atoms with E-state index in [-0.39, 0.29) is 18.2 Å². The van der Waals surface area contributed by atoms with Crippen LogP contribution in [0.4, 0.5) is 11.4 Å². The molecular weight excluding hydrogens is 392 g/mol. The third-order valence-corrected chi connectivity index (χ3v) is 5.31. The predicted molar refractivity (Wildman–Crippen MR) is 106 cm³/mol. The van der Waals surface area contributed by atoms with Crippen molar-refractivity contribution in [1.29, 1.82) is 0 Å². The topological polar surface area (TPSA) is 88.9 Å². The highest BCUT2D eigenvalue weighted by molar-refractivity contribution is 7.99. The van der Waals surface area contributed by atoms with Crippen LogP contribution >= 0.6 is 11.8 Å². The maximum absolute atomic E-state index is 12.9. The highest BCUT2D eigenvalue weighted by Crippen LogP contribution is 2.47. The zero-order valence-electron chi connectivity index (χ0n) is 15.2. The van der Waals surface area contributed by atoms with Gasteiger partial charge in [-0.05, 0) is 36.4 Å². The maximum atomic E-state index is 12.9. The normalized spacial score (nSPS) is 11.9. The predicted octanol–water partition coefficient (Wildman–Crippen LogP) is 3.38. The fraction of sp³-hybridized carbons (Fsp3) is 0.0952. The van der Waals surface area contributed by atoms with Crippen LogP contribution in [0.2, 0.25) is 0 Å². The van der Waals surface area contributed by atoms with Gasteiger partial charge in [-0.15, -0.1) is 0 Å². The van der Waals surface area contributed by atoms with Gasteiger partial charge in [0.25, 0.3) is 11.8 Å². The van der Waals surface area contributed by atoms with Crippen LogP contribution in [0, 0.1) is 0 Å². The summed E-state index contributed by atoms with van der Waals surface area (Å²) < 4.78 is 10.0. The molecule has 0 saturated heterocycles. The summed E-state index contributed by atoms with van der Waals surface area (Å²) in [6, 6.07) is 18.1. The summed E-state index contributed by atoms with van der Waals surface area (Å²) in [6.07, 6.45) is 1.36. The lowest BCUT2D eigenvalue weighted by molar-refractivity contribution is -0.146. The fourth-order valence-corrected chi connectivity index (χ4v) is 3.94. The number of esters is 1. The summed E-state index contributed by atoms with van der Waals surface area (Å²) in [4.78, 5) is 40.1. The molecule has 0 saturated carbocycles. The summed E-state index contributed by atoms with van der Waals surface area (Å²) in [5.41, 5.74) is 1.48. The standard InChI is InChI=1S/C21H16N2O5S/c24-19(13-28-20(25)12-22-21(26)16-8-5-11-27-16)23-14-6-1-3-9-17(14)29-18-10-4-2-7-15(18)23/h1-11H,12-13H2,(H,22,26). The first-order chi connectivity index (χ1) is 14.1. The Balaban J connectivity index is 1.41. The van der Waals surface area contributed by atoms with Gasteiger partial charge in [-0.1, -0.05) is 36.0 Å². The summed E-state index contributed by atoms with van der Waals surface area (Å²) in [5, 5.41) is 2.38. The molecule has 1 aromatic heterocycles. The quantitative estimate of drug-likeness (QED) is 0.651. The Morgan fingerprint density at radius 2 is 1.59 bits per heavy atom. The highest BCUT2D eigenvalue weighted by atomic mass is 32.2. The molecule has 2 amide bonds. The number of para-hydroxylation sites is 2. The second-order valence-electron chi connectivity index (χ2n) is 6.09. The molecule has 29 heavy (non-hydrogen) atoms. The van der Waals surface area contributed by atoms with E-state index in [9.17, 15) is 14.4 Å². The molecular formula is C21H16N2O5S. The van der Waals surface area contributed by atoms with Gasteiger partial charge in [0.2, 0.25) is 0 Å². The molecule has 146 valence electrons. The van der Waals surface area contributed by atoms with Crippen molar-refractivity contribution in [2.75, 3.05) is 18.1 Å². The van der Waals surface area contributed by atoms with Crippen LogP contribution in [0.1, 0.15) is 10.6 Å². The van der Waals surface area contributed by atoms with Crippen molar-refractivity contribution >= 4 is 40.9 Å². The Kier molecular flexibility index (Phi) is 5.35. The van der Waals surface area contributed by atoms with Crippen LogP contribution in [0.3, 0.4) is 0 Å². The molecule has 0 fully saturated rings. The van der Waals surface area contributed by atoms with E-state index in [0.717, 1.165) is 21.2 Å². The van der Waals surface area contributed by atoms with Crippen molar-refractivity contribution in [3.63, 3.8) is 0 Å². The Morgan fingerprint density at radius 3 is 2.21 bits per heavy atom. The fourth-order valence-electron chi connectivity index (χ4n) is 2.88. The monoisotopic (exact) mass is 408 g/mol. The number of rotatable bonds is 5. The molecule has 3 aromatic rings. The third-order valence-electron chi connectivity index (χ3n) is 4.18. The first kappa shape index (κ1) is 18.8. The summed E-state index contributed by atoms with van der Waals surface area (Å²) in [5.74, 6) is -1.54. The molecule has 4 rings (SSSR count). The van der Waals surface area contributed by atoms with Crippen molar-refractivity contribution < 1.29 is 23.5 Å². The summed E-state index contributed by atoms with van der Waals surface area (Å²) in [7, 11) is 0. The zero-order chi connectivity index (χ0) is 20.2. The van der Waals surface area contributed by atoms with Crippen molar-refractivity contribution in [1.82, 2.24) is 5.32 Å². The number of benzene rings is 2. The minimum atomic E-state index is -0.716. The molecule has 0 atom stereocenters. The molecule has 0 aliphatic carbocycles. The molecule has 2 aromatic carbocycles. The Bertz CT molecular complexity index is 1020. The van der Waals surface area contributed by atoms with Crippen molar-refractivity contribution in [3.05, 3.63) is 72.7 Å². The van der Waals surface area contributed by atoms with Gasteiger partial charge in [0.15, 0.2) is 12.4 Å². The van der Waals surface area contributed by atoms with Gasteiger partial charge in [-0.3, -0.25) is 19.3 Å². The number of ether oxygens (including phenoxy) is 1. The minimum absolute atomic E-state index is 0.0907. The molecule has 2 heterocycles. The number of nitrogens with one attached hydrogen (secondary N) is 1. The van der Waals surface area contributed by atoms with Gasteiger partial charge in [-0.25, -0.2) is 0 Å². The number of hydrogen-bond acceptors (Lipinski definition) is 6. The number of carbonyl (C=O) groups is 3. The van der Waals surface area contributed by atoms with Crippen LogP contribution < -0.4 is 10.2 Å². The molecule has 0 unspecified atom stereocenters. The molecule has 0 radical (unpaired) electrons. The Labute approximate surface area is 170 Å². The van der Waals surface area contributed by atoms with E-state index in [0.29, 0.717) is 0 Å². The van der Waals surface area contributed by atoms with Gasteiger partial charge in [0, 0.05) is 9.79 Å². The smallest absolute Gasteiger partial charge is 0.325 e. The summed E-state index contributed by atoms with van der Waals surface area (Å²) in [6.45, 7) is -0.807. The largest absolute Gasteiger partial charge is 0.459 e. The number of anilines is 2. The maximum Gasteiger partial charge on any atom is 0.325 e. The molecule has 1 aliphatic rings. The molecule has 1 N–H and O–H groups in total. The SMILES string of the molecule is O=C(CNC(=O)c1ccco1)OCC(=O)N1c2ccccc2Sc2ccccc21. The molecule has 7 nitrogen and oxygen atoms in total. The lowest BCUT2D eigenvalue weighted by Crippen LogP contribution is -2.35. The zero-order valence-corrected chi connectivity index (χ0v) is 16.0.